The van der Waals surface area contributed by atoms with Gasteiger partial charge in [0.1, 0.15) is 24.0 Å². The topological polar surface area (TPSA) is 67.2 Å². The zero-order chi connectivity index (χ0) is 25.2. The van der Waals surface area contributed by atoms with E-state index in [0.717, 1.165) is 49.6 Å². The molecule has 2 aliphatic rings. The molecule has 190 valence electrons. The molecule has 5 rings (SSSR count). The number of amides is 1. The predicted octanol–water partition coefficient (Wildman–Crippen LogP) is 4.74. The van der Waals surface area contributed by atoms with Gasteiger partial charge >= 0.3 is 0 Å². The summed E-state index contributed by atoms with van der Waals surface area (Å²) in [5.74, 6) is 3.15. The molecule has 1 aliphatic heterocycles. The summed E-state index contributed by atoms with van der Waals surface area (Å²) in [6.07, 6.45) is 6.33. The summed E-state index contributed by atoms with van der Waals surface area (Å²) in [5.41, 5.74) is 2.53. The van der Waals surface area contributed by atoms with Gasteiger partial charge in [-0.15, -0.1) is 0 Å². The maximum absolute atomic E-state index is 13.9. The van der Waals surface area contributed by atoms with Crippen molar-refractivity contribution >= 4 is 11.7 Å². The fourth-order valence-electron chi connectivity index (χ4n) is 5.45. The molecule has 2 atom stereocenters. The van der Waals surface area contributed by atoms with E-state index in [2.05, 4.69) is 29.8 Å². The summed E-state index contributed by atoms with van der Waals surface area (Å²) in [4.78, 5) is 26.9. The van der Waals surface area contributed by atoms with Gasteiger partial charge in [-0.05, 0) is 74.1 Å². The van der Waals surface area contributed by atoms with Crippen LogP contribution in [0.2, 0.25) is 0 Å². The van der Waals surface area contributed by atoms with Crippen molar-refractivity contribution < 1.29 is 9.18 Å². The third-order valence-corrected chi connectivity index (χ3v) is 7.56. The van der Waals surface area contributed by atoms with Crippen LogP contribution in [0, 0.1) is 25.6 Å². The molecule has 0 spiro atoms. The Morgan fingerprint density at radius 1 is 1.08 bits per heavy atom. The predicted molar refractivity (Wildman–Crippen MR) is 138 cm³/mol. The Hall–Kier alpha value is -3.29. The first-order valence-corrected chi connectivity index (χ1v) is 13.0. The Labute approximate surface area is 212 Å². The van der Waals surface area contributed by atoms with Gasteiger partial charge in [-0.25, -0.2) is 19.0 Å². The lowest BCUT2D eigenvalue weighted by Crippen LogP contribution is -2.50. The van der Waals surface area contributed by atoms with Crippen molar-refractivity contribution in [2.24, 2.45) is 5.92 Å². The molecule has 1 amide bonds. The van der Waals surface area contributed by atoms with Gasteiger partial charge in [-0.1, -0.05) is 19.8 Å². The summed E-state index contributed by atoms with van der Waals surface area (Å²) in [6, 6.07) is 9.04. The van der Waals surface area contributed by atoms with Crippen molar-refractivity contribution in [3.05, 3.63) is 59.3 Å². The Morgan fingerprint density at radius 3 is 2.61 bits per heavy atom. The molecule has 2 aromatic heterocycles. The highest BCUT2D eigenvalue weighted by Crippen LogP contribution is 2.36. The lowest BCUT2D eigenvalue weighted by molar-refractivity contribution is -0.132. The Balaban J connectivity index is 1.33. The Bertz CT molecular complexity index is 1230. The number of rotatable bonds is 5. The van der Waals surface area contributed by atoms with Crippen molar-refractivity contribution in [2.45, 2.75) is 58.9 Å². The molecule has 0 bridgehead atoms. The number of hydrogen-bond acceptors (Lipinski definition) is 5. The van der Waals surface area contributed by atoms with Gasteiger partial charge in [0.05, 0.1) is 0 Å². The summed E-state index contributed by atoms with van der Waals surface area (Å²) < 4.78 is 15.7. The van der Waals surface area contributed by atoms with E-state index in [1.807, 2.05) is 21.8 Å². The monoisotopic (exact) mass is 490 g/mol. The largest absolute Gasteiger partial charge is 0.353 e. The number of carbonyl (C=O) groups excluding carboxylic acids is 1. The third-order valence-electron chi connectivity index (χ3n) is 7.56. The van der Waals surface area contributed by atoms with Crippen molar-refractivity contribution in [2.75, 3.05) is 31.1 Å². The molecule has 0 radical (unpaired) electrons. The van der Waals surface area contributed by atoms with E-state index in [0.29, 0.717) is 30.4 Å². The standard InChI is InChI=1S/C28H35FN6O/c1-19-5-4-6-23(15-19)28-31-27(22-7-8-24(29)21(3)17-22)32-35(28)18-26(36)34-13-11-33(12-14-34)25-16-20(2)9-10-30-25/h7-10,16-17,19,23H,4-6,11-15,18H2,1-3H3. The van der Waals surface area contributed by atoms with E-state index in [9.17, 15) is 9.18 Å². The molecule has 1 aromatic carbocycles. The number of piperazine rings is 1. The lowest BCUT2D eigenvalue weighted by atomic mass is 9.82. The quantitative estimate of drug-likeness (QED) is 0.517. The summed E-state index contributed by atoms with van der Waals surface area (Å²) in [6.45, 7) is 9.09. The molecule has 2 fully saturated rings. The summed E-state index contributed by atoms with van der Waals surface area (Å²) in [5, 5.41) is 4.77. The Kier molecular flexibility index (Phi) is 7.03. The van der Waals surface area contributed by atoms with Gasteiger partial charge in [0.15, 0.2) is 5.82 Å². The van der Waals surface area contributed by atoms with E-state index in [4.69, 9.17) is 10.1 Å². The summed E-state index contributed by atoms with van der Waals surface area (Å²) >= 11 is 0. The van der Waals surface area contributed by atoms with Gasteiger partial charge in [-0.3, -0.25) is 4.79 Å². The van der Waals surface area contributed by atoms with Crippen molar-refractivity contribution in [1.82, 2.24) is 24.6 Å². The van der Waals surface area contributed by atoms with Crippen LogP contribution in [0.3, 0.4) is 0 Å². The number of benzene rings is 1. The number of hydrogen-bond donors (Lipinski definition) is 0. The molecular weight excluding hydrogens is 455 g/mol. The SMILES string of the molecule is Cc1ccnc(N2CCN(C(=O)Cn3nc(-c4ccc(F)c(C)c4)nc3C3CCCC(C)C3)CC2)c1. The van der Waals surface area contributed by atoms with Crippen LogP contribution in [-0.4, -0.2) is 56.7 Å². The minimum Gasteiger partial charge on any atom is -0.353 e. The van der Waals surface area contributed by atoms with E-state index >= 15 is 0 Å². The van der Waals surface area contributed by atoms with Crippen LogP contribution in [0.5, 0.6) is 0 Å². The normalized spacial score (nSPS) is 20.6. The molecule has 3 heterocycles. The highest BCUT2D eigenvalue weighted by Gasteiger charge is 2.29. The number of anilines is 1. The molecule has 1 aliphatic carbocycles. The minimum atomic E-state index is -0.241. The van der Waals surface area contributed by atoms with E-state index < -0.39 is 0 Å². The molecule has 3 aromatic rings. The molecule has 1 saturated carbocycles. The number of aryl methyl sites for hydroxylation is 2. The fraction of sp³-hybridized carbons (Fsp3) is 0.500. The van der Waals surface area contributed by atoms with Gasteiger partial charge < -0.3 is 9.80 Å². The van der Waals surface area contributed by atoms with Crippen LogP contribution in [0.4, 0.5) is 10.2 Å². The first kappa shape index (κ1) is 24.4. The first-order valence-electron chi connectivity index (χ1n) is 13.0. The number of halogens is 1. The first-order chi connectivity index (χ1) is 17.4. The zero-order valence-electron chi connectivity index (χ0n) is 21.5. The molecule has 2 unspecified atom stereocenters. The average Bonchev–Trinajstić information content (AvgIpc) is 3.29. The zero-order valence-corrected chi connectivity index (χ0v) is 21.5. The maximum atomic E-state index is 13.9. The molecule has 7 nitrogen and oxygen atoms in total. The van der Waals surface area contributed by atoms with Crippen LogP contribution in [0.1, 0.15) is 55.5 Å². The fourth-order valence-corrected chi connectivity index (χ4v) is 5.45. The number of pyridine rings is 1. The maximum Gasteiger partial charge on any atom is 0.244 e. The lowest BCUT2D eigenvalue weighted by Gasteiger charge is -2.35. The second kappa shape index (κ2) is 10.4. The smallest absolute Gasteiger partial charge is 0.244 e. The second-order valence-corrected chi connectivity index (χ2v) is 10.4. The number of carbonyl (C=O) groups is 1. The highest BCUT2D eigenvalue weighted by atomic mass is 19.1. The van der Waals surface area contributed by atoms with Gasteiger partial charge in [0, 0.05) is 43.9 Å². The van der Waals surface area contributed by atoms with Crippen LogP contribution in [-0.2, 0) is 11.3 Å². The van der Waals surface area contributed by atoms with Crippen LogP contribution >= 0.6 is 0 Å². The highest BCUT2D eigenvalue weighted by molar-refractivity contribution is 5.76. The molecule has 1 saturated heterocycles. The number of nitrogens with zero attached hydrogens (tertiary/aromatic N) is 6. The molecule has 36 heavy (non-hydrogen) atoms. The van der Waals surface area contributed by atoms with Gasteiger partial charge in [-0.2, -0.15) is 5.10 Å². The van der Waals surface area contributed by atoms with Crippen LogP contribution < -0.4 is 4.90 Å². The van der Waals surface area contributed by atoms with Crippen LogP contribution in [0.25, 0.3) is 11.4 Å². The van der Waals surface area contributed by atoms with Crippen molar-refractivity contribution in [3.63, 3.8) is 0 Å². The van der Waals surface area contributed by atoms with E-state index in [1.165, 1.54) is 18.1 Å². The van der Waals surface area contributed by atoms with Crippen molar-refractivity contribution in [1.29, 1.82) is 0 Å². The molecule has 8 heteroatoms. The second-order valence-electron chi connectivity index (χ2n) is 10.4. The summed E-state index contributed by atoms with van der Waals surface area (Å²) in [7, 11) is 0. The molecule has 0 N–H and O–H groups in total. The molecular formula is C28H35FN6O. The van der Waals surface area contributed by atoms with Crippen molar-refractivity contribution in [3.8, 4) is 11.4 Å². The van der Waals surface area contributed by atoms with Gasteiger partial charge in [0.2, 0.25) is 5.91 Å². The van der Waals surface area contributed by atoms with E-state index in [-0.39, 0.29) is 24.2 Å². The van der Waals surface area contributed by atoms with E-state index in [1.54, 1.807) is 19.1 Å². The Morgan fingerprint density at radius 2 is 1.89 bits per heavy atom. The number of aromatic nitrogens is 4. The average molecular weight is 491 g/mol. The van der Waals surface area contributed by atoms with Gasteiger partial charge in [0.25, 0.3) is 0 Å². The van der Waals surface area contributed by atoms with Crippen LogP contribution in [0.15, 0.2) is 36.5 Å². The third kappa shape index (κ3) is 5.27. The minimum absolute atomic E-state index is 0.0590.